The van der Waals surface area contributed by atoms with Crippen LogP contribution in [0.1, 0.15) is 52.0 Å². The molecular weight excluding hydrogens is 430 g/mol. The van der Waals surface area contributed by atoms with E-state index in [0.717, 1.165) is 31.8 Å². The van der Waals surface area contributed by atoms with Crippen molar-refractivity contribution in [3.05, 3.63) is 35.9 Å². The fourth-order valence-electron chi connectivity index (χ4n) is 3.16. The lowest BCUT2D eigenvalue weighted by Gasteiger charge is -2.27. The Bertz CT molecular complexity index is 972. The van der Waals surface area contributed by atoms with Crippen molar-refractivity contribution in [1.82, 2.24) is 9.62 Å². The Morgan fingerprint density at radius 3 is 2.31 bits per heavy atom. The summed E-state index contributed by atoms with van der Waals surface area (Å²) in [6.07, 6.45) is 6.47. The Hall–Kier alpha value is -2.70. The zero-order chi connectivity index (χ0) is 23.8. The molecule has 1 aliphatic heterocycles. The number of nitrogens with zero attached hydrogens (tertiary/aromatic N) is 2. The summed E-state index contributed by atoms with van der Waals surface area (Å²) in [5.41, 5.74) is -0.424. The third-order valence-corrected chi connectivity index (χ3v) is 7.54. The van der Waals surface area contributed by atoms with Crippen LogP contribution in [0, 0.1) is 17.2 Å². The van der Waals surface area contributed by atoms with E-state index in [1.165, 1.54) is 22.5 Å². The molecule has 0 radical (unpaired) electrons. The molecule has 1 amide bonds. The molecule has 1 aromatic rings. The normalized spacial score (nSPS) is 17.3. The van der Waals surface area contributed by atoms with Gasteiger partial charge in [-0.15, -0.1) is 0 Å². The van der Waals surface area contributed by atoms with E-state index >= 15 is 0 Å². The first-order valence-corrected chi connectivity index (χ1v) is 12.2. The van der Waals surface area contributed by atoms with Crippen molar-refractivity contribution in [2.75, 3.05) is 19.7 Å². The van der Waals surface area contributed by atoms with E-state index < -0.39 is 34.0 Å². The molecule has 1 aliphatic rings. The topological polar surface area (TPSA) is 117 Å². The second kappa shape index (κ2) is 11.2. The van der Waals surface area contributed by atoms with E-state index in [1.807, 2.05) is 19.9 Å². The van der Waals surface area contributed by atoms with Gasteiger partial charge < -0.3 is 10.1 Å². The Morgan fingerprint density at radius 1 is 1.19 bits per heavy atom. The van der Waals surface area contributed by atoms with Gasteiger partial charge >= 0.3 is 5.97 Å². The summed E-state index contributed by atoms with van der Waals surface area (Å²) in [6, 6.07) is 8.32. The number of ether oxygens (including phenoxy) is 1. The molecule has 0 bridgehead atoms. The summed E-state index contributed by atoms with van der Waals surface area (Å²) in [5.74, 6) is -1.39. The Balaban J connectivity index is 1.91. The highest BCUT2D eigenvalue weighted by Gasteiger charge is 2.30. The first-order chi connectivity index (χ1) is 15.1. The molecule has 1 fully saturated rings. The minimum atomic E-state index is -3.52. The van der Waals surface area contributed by atoms with Gasteiger partial charge in [0.05, 0.1) is 11.0 Å². The number of carbonyl (C=O) groups excluding carboxylic acids is 2. The molecule has 0 aliphatic carbocycles. The van der Waals surface area contributed by atoms with Crippen molar-refractivity contribution >= 4 is 28.0 Å². The molecule has 9 heteroatoms. The van der Waals surface area contributed by atoms with E-state index in [4.69, 9.17) is 4.74 Å². The molecule has 8 nitrogen and oxygen atoms in total. The lowest BCUT2D eigenvalue weighted by molar-refractivity contribution is -0.144. The van der Waals surface area contributed by atoms with Crippen molar-refractivity contribution in [1.29, 1.82) is 5.26 Å². The number of carbonyl (C=O) groups is 2. The predicted molar refractivity (Wildman–Crippen MR) is 121 cm³/mol. The van der Waals surface area contributed by atoms with Crippen LogP contribution in [-0.2, 0) is 24.3 Å². The van der Waals surface area contributed by atoms with Gasteiger partial charge in [0, 0.05) is 19.2 Å². The molecule has 1 aromatic carbocycles. The van der Waals surface area contributed by atoms with Crippen molar-refractivity contribution < 1.29 is 22.7 Å². The number of amides is 1. The highest BCUT2D eigenvalue weighted by atomic mass is 32.2. The number of nitrogens with one attached hydrogen (secondary N) is 1. The molecule has 1 unspecified atom stereocenters. The van der Waals surface area contributed by atoms with Gasteiger partial charge in [0.1, 0.15) is 5.54 Å². The zero-order valence-corrected chi connectivity index (χ0v) is 19.7. The fourth-order valence-corrected chi connectivity index (χ4v) is 4.68. The summed E-state index contributed by atoms with van der Waals surface area (Å²) >= 11 is 0. The van der Waals surface area contributed by atoms with Gasteiger partial charge in [-0.25, -0.2) is 13.2 Å². The standard InChI is InChI=1S/C23H31N3O5S/c1-18(2)23(3,17-24)25-21(27)16-31-22(28)13-10-19-8-11-20(12-9-19)32(29,30)26-14-6-4-5-7-15-26/h8-13,18H,4-7,14-16H2,1-3H3,(H,25,27). The average molecular weight is 462 g/mol. The highest BCUT2D eigenvalue weighted by Crippen LogP contribution is 2.21. The third kappa shape index (κ3) is 6.90. The predicted octanol–water partition coefficient (Wildman–Crippen LogP) is 2.86. The van der Waals surface area contributed by atoms with Gasteiger partial charge in [-0.2, -0.15) is 9.57 Å². The van der Waals surface area contributed by atoms with Crippen molar-refractivity contribution in [3.8, 4) is 6.07 Å². The molecule has 1 N–H and O–H groups in total. The highest BCUT2D eigenvalue weighted by molar-refractivity contribution is 7.89. The monoisotopic (exact) mass is 461 g/mol. The number of hydrogen-bond donors (Lipinski definition) is 1. The van der Waals surface area contributed by atoms with Crippen LogP contribution in [0.25, 0.3) is 6.08 Å². The maximum absolute atomic E-state index is 12.8. The molecule has 0 spiro atoms. The minimum absolute atomic E-state index is 0.113. The third-order valence-electron chi connectivity index (χ3n) is 5.63. The summed E-state index contributed by atoms with van der Waals surface area (Å²) in [5, 5.41) is 11.8. The van der Waals surface area contributed by atoms with E-state index in [0.29, 0.717) is 18.7 Å². The van der Waals surface area contributed by atoms with Crippen LogP contribution in [0.3, 0.4) is 0 Å². The number of sulfonamides is 1. The first-order valence-electron chi connectivity index (χ1n) is 10.8. The molecular formula is C23H31N3O5S. The number of rotatable bonds is 8. The largest absolute Gasteiger partial charge is 0.452 e. The number of esters is 1. The van der Waals surface area contributed by atoms with Gasteiger partial charge in [0.15, 0.2) is 6.61 Å². The van der Waals surface area contributed by atoms with Crippen LogP contribution in [0.5, 0.6) is 0 Å². The molecule has 1 heterocycles. The molecule has 1 atom stereocenters. The van der Waals surface area contributed by atoms with Crippen LogP contribution in [-0.4, -0.2) is 49.8 Å². The number of benzene rings is 1. The Morgan fingerprint density at radius 2 is 1.78 bits per heavy atom. The van der Waals surface area contributed by atoms with Crippen LogP contribution >= 0.6 is 0 Å². The molecule has 174 valence electrons. The molecule has 2 rings (SSSR count). The van der Waals surface area contributed by atoms with Crippen LogP contribution in [0.15, 0.2) is 35.2 Å². The van der Waals surface area contributed by atoms with Crippen molar-refractivity contribution in [3.63, 3.8) is 0 Å². The van der Waals surface area contributed by atoms with Gasteiger partial charge in [-0.3, -0.25) is 4.79 Å². The summed E-state index contributed by atoms with van der Waals surface area (Å²) < 4.78 is 32.1. The summed E-state index contributed by atoms with van der Waals surface area (Å²) in [4.78, 5) is 24.1. The molecule has 0 aromatic heterocycles. The SMILES string of the molecule is CC(C)C(C)(C#N)NC(=O)COC(=O)C=Cc1ccc(S(=O)(=O)N2CCCCCC2)cc1. The zero-order valence-electron chi connectivity index (χ0n) is 18.8. The summed E-state index contributed by atoms with van der Waals surface area (Å²) in [6.45, 7) is 5.79. The Kier molecular flexibility index (Phi) is 8.99. The smallest absolute Gasteiger partial charge is 0.331 e. The van der Waals surface area contributed by atoms with Gasteiger partial charge in [0.2, 0.25) is 10.0 Å². The lowest BCUT2D eigenvalue weighted by atomic mass is 9.90. The molecule has 1 saturated heterocycles. The second-order valence-corrected chi connectivity index (χ2v) is 10.3. The van der Waals surface area contributed by atoms with Crippen molar-refractivity contribution in [2.24, 2.45) is 5.92 Å². The maximum atomic E-state index is 12.8. The summed E-state index contributed by atoms with van der Waals surface area (Å²) in [7, 11) is -3.52. The number of hydrogen-bond acceptors (Lipinski definition) is 6. The molecule has 32 heavy (non-hydrogen) atoms. The van der Waals surface area contributed by atoms with Gasteiger partial charge in [0.25, 0.3) is 5.91 Å². The van der Waals surface area contributed by atoms with E-state index in [2.05, 4.69) is 5.32 Å². The van der Waals surface area contributed by atoms with Gasteiger partial charge in [-0.05, 0) is 49.5 Å². The fraction of sp³-hybridized carbons (Fsp3) is 0.522. The van der Waals surface area contributed by atoms with Crippen LogP contribution < -0.4 is 5.32 Å². The second-order valence-electron chi connectivity index (χ2n) is 8.35. The molecule has 0 saturated carbocycles. The number of nitriles is 1. The van der Waals surface area contributed by atoms with Gasteiger partial charge in [-0.1, -0.05) is 38.8 Å². The van der Waals surface area contributed by atoms with E-state index in [-0.39, 0.29) is 10.8 Å². The quantitative estimate of drug-likeness (QED) is 0.470. The van der Waals surface area contributed by atoms with Crippen molar-refractivity contribution in [2.45, 2.75) is 56.9 Å². The van der Waals surface area contributed by atoms with Crippen LogP contribution in [0.4, 0.5) is 0 Å². The van der Waals surface area contributed by atoms with E-state index in [1.54, 1.807) is 19.1 Å². The lowest BCUT2D eigenvalue weighted by Crippen LogP contribution is -2.50. The van der Waals surface area contributed by atoms with E-state index in [9.17, 15) is 23.3 Å². The Labute approximate surface area is 190 Å². The first kappa shape index (κ1) is 25.6. The average Bonchev–Trinajstić information content (AvgIpc) is 3.06. The van der Waals surface area contributed by atoms with Crippen LogP contribution in [0.2, 0.25) is 0 Å². The maximum Gasteiger partial charge on any atom is 0.331 e. The minimum Gasteiger partial charge on any atom is -0.452 e.